The standard InChI is InChI=1S/C15H21N3O6S.ClH/c1-3-24-15(19)13-6-12(7-14(10(13)2)18(20)21)25(22,23)17-5-4-11(8-16)9-17;/h6-7,11H,3-5,8-9,16H2,1-2H3;1H. The summed E-state index contributed by atoms with van der Waals surface area (Å²) in [7, 11) is -3.96. The van der Waals surface area contributed by atoms with E-state index in [9.17, 15) is 23.3 Å². The van der Waals surface area contributed by atoms with Crippen molar-refractivity contribution in [3.8, 4) is 0 Å². The van der Waals surface area contributed by atoms with E-state index in [1.54, 1.807) is 6.92 Å². The van der Waals surface area contributed by atoms with E-state index in [0.29, 0.717) is 19.5 Å². The molecule has 0 radical (unpaired) electrons. The number of sulfonamides is 1. The highest BCUT2D eigenvalue weighted by Crippen LogP contribution is 2.30. The average molecular weight is 408 g/mol. The van der Waals surface area contributed by atoms with Gasteiger partial charge in [-0.1, -0.05) is 0 Å². The lowest BCUT2D eigenvalue weighted by Crippen LogP contribution is -2.30. The maximum Gasteiger partial charge on any atom is 0.338 e. The highest BCUT2D eigenvalue weighted by Gasteiger charge is 2.34. The van der Waals surface area contributed by atoms with Crippen LogP contribution in [0.15, 0.2) is 17.0 Å². The number of nitrogens with zero attached hydrogens (tertiary/aromatic N) is 2. The molecule has 1 aromatic rings. The van der Waals surface area contributed by atoms with Crippen molar-refractivity contribution in [3.63, 3.8) is 0 Å². The second-order valence-corrected chi connectivity index (χ2v) is 7.78. The third-order valence-corrected chi connectivity index (χ3v) is 6.11. The summed E-state index contributed by atoms with van der Waals surface area (Å²) >= 11 is 0. The highest BCUT2D eigenvalue weighted by molar-refractivity contribution is 7.89. The van der Waals surface area contributed by atoms with Crippen molar-refractivity contribution in [3.05, 3.63) is 33.4 Å². The smallest absolute Gasteiger partial charge is 0.338 e. The minimum absolute atomic E-state index is 0. The van der Waals surface area contributed by atoms with Gasteiger partial charge in [-0.3, -0.25) is 10.1 Å². The molecular formula is C15H22ClN3O6S. The number of nitro benzene ring substituents is 1. The molecule has 11 heteroatoms. The van der Waals surface area contributed by atoms with Crippen LogP contribution in [-0.4, -0.2) is 49.9 Å². The molecule has 2 rings (SSSR count). The fraction of sp³-hybridized carbons (Fsp3) is 0.533. The van der Waals surface area contributed by atoms with Gasteiger partial charge in [0, 0.05) is 24.7 Å². The van der Waals surface area contributed by atoms with Gasteiger partial charge in [0.25, 0.3) is 5.69 Å². The SMILES string of the molecule is CCOC(=O)c1cc(S(=O)(=O)N2CCC(CN)C2)cc([N+](=O)[O-])c1C.Cl. The zero-order valence-corrected chi connectivity index (χ0v) is 16.1. The zero-order chi connectivity index (χ0) is 18.8. The first-order valence-corrected chi connectivity index (χ1v) is 9.32. The molecule has 2 N–H and O–H groups in total. The van der Waals surface area contributed by atoms with Crippen LogP contribution in [0.4, 0.5) is 5.69 Å². The molecule has 1 atom stereocenters. The second-order valence-electron chi connectivity index (χ2n) is 5.85. The predicted molar refractivity (Wildman–Crippen MR) is 97.0 cm³/mol. The number of ether oxygens (including phenoxy) is 1. The largest absolute Gasteiger partial charge is 0.462 e. The quantitative estimate of drug-likeness (QED) is 0.428. The van der Waals surface area contributed by atoms with Crippen LogP contribution < -0.4 is 5.73 Å². The number of carbonyl (C=O) groups excluding carboxylic acids is 1. The Morgan fingerprint density at radius 2 is 2.12 bits per heavy atom. The van der Waals surface area contributed by atoms with Gasteiger partial charge in [-0.05, 0) is 38.8 Å². The molecule has 1 fully saturated rings. The van der Waals surface area contributed by atoms with E-state index in [0.717, 1.165) is 12.1 Å². The first-order valence-electron chi connectivity index (χ1n) is 7.88. The molecular weight excluding hydrogens is 386 g/mol. The van der Waals surface area contributed by atoms with Crippen LogP contribution in [0.2, 0.25) is 0 Å². The summed E-state index contributed by atoms with van der Waals surface area (Å²) in [6.45, 7) is 3.98. The number of carbonyl (C=O) groups is 1. The van der Waals surface area contributed by atoms with E-state index in [2.05, 4.69) is 0 Å². The molecule has 0 spiro atoms. The molecule has 0 aliphatic carbocycles. The number of hydrogen-bond acceptors (Lipinski definition) is 7. The monoisotopic (exact) mass is 407 g/mol. The van der Waals surface area contributed by atoms with Gasteiger partial charge in [0.05, 0.1) is 22.0 Å². The van der Waals surface area contributed by atoms with E-state index in [1.807, 2.05) is 0 Å². The fourth-order valence-corrected chi connectivity index (χ4v) is 4.37. The Bertz CT molecular complexity index is 799. The topological polar surface area (TPSA) is 133 Å². The maximum absolute atomic E-state index is 12.8. The van der Waals surface area contributed by atoms with Crippen molar-refractivity contribution in [2.24, 2.45) is 11.7 Å². The van der Waals surface area contributed by atoms with E-state index in [4.69, 9.17) is 10.5 Å². The Morgan fingerprint density at radius 3 is 2.62 bits per heavy atom. The number of nitrogens with two attached hydrogens (primary N) is 1. The Hall–Kier alpha value is -1.75. The molecule has 9 nitrogen and oxygen atoms in total. The van der Waals surface area contributed by atoms with Crippen LogP contribution in [0.5, 0.6) is 0 Å². The third kappa shape index (κ3) is 4.32. The van der Waals surface area contributed by atoms with E-state index >= 15 is 0 Å². The Balaban J connectivity index is 0.00000338. The Labute approximate surface area is 158 Å². The van der Waals surface area contributed by atoms with Crippen LogP contribution in [-0.2, 0) is 14.8 Å². The molecule has 0 saturated carbocycles. The number of halogens is 1. The maximum atomic E-state index is 12.8. The van der Waals surface area contributed by atoms with Crippen molar-refractivity contribution in [2.45, 2.75) is 25.2 Å². The molecule has 1 aliphatic heterocycles. The lowest BCUT2D eigenvalue weighted by Gasteiger charge is -2.17. The molecule has 1 saturated heterocycles. The molecule has 0 bridgehead atoms. The van der Waals surface area contributed by atoms with Crippen LogP contribution in [0.25, 0.3) is 0 Å². The Kier molecular flexibility index (Phi) is 7.51. The number of benzene rings is 1. The molecule has 1 aromatic carbocycles. The minimum Gasteiger partial charge on any atom is -0.462 e. The Morgan fingerprint density at radius 1 is 1.46 bits per heavy atom. The third-order valence-electron chi connectivity index (χ3n) is 4.27. The molecule has 1 unspecified atom stereocenters. The van der Waals surface area contributed by atoms with Crippen molar-refractivity contribution in [2.75, 3.05) is 26.2 Å². The molecule has 0 aromatic heterocycles. The zero-order valence-electron chi connectivity index (χ0n) is 14.5. The lowest BCUT2D eigenvalue weighted by molar-refractivity contribution is -0.385. The van der Waals surface area contributed by atoms with Gasteiger partial charge in [0.2, 0.25) is 10.0 Å². The van der Waals surface area contributed by atoms with Crippen molar-refractivity contribution >= 4 is 34.1 Å². The average Bonchev–Trinajstić information content (AvgIpc) is 3.04. The van der Waals surface area contributed by atoms with Crippen LogP contribution in [0, 0.1) is 23.0 Å². The summed E-state index contributed by atoms with van der Waals surface area (Å²) in [6, 6.07) is 2.13. The first-order chi connectivity index (χ1) is 11.7. The minimum atomic E-state index is -3.96. The number of hydrogen-bond donors (Lipinski definition) is 1. The van der Waals surface area contributed by atoms with Gasteiger partial charge in [0.1, 0.15) is 0 Å². The van der Waals surface area contributed by atoms with Crippen molar-refractivity contribution in [1.29, 1.82) is 0 Å². The number of rotatable bonds is 6. The molecule has 1 aliphatic rings. The number of esters is 1. The summed E-state index contributed by atoms with van der Waals surface area (Å²) in [6.07, 6.45) is 0.633. The van der Waals surface area contributed by atoms with Gasteiger partial charge in [-0.2, -0.15) is 4.31 Å². The van der Waals surface area contributed by atoms with Crippen molar-refractivity contribution in [1.82, 2.24) is 4.31 Å². The number of nitro groups is 1. The molecule has 26 heavy (non-hydrogen) atoms. The van der Waals surface area contributed by atoms with Crippen LogP contribution in [0.1, 0.15) is 29.3 Å². The summed E-state index contributed by atoms with van der Waals surface area (Å²) in [5.74, 6) is -0.735. The summed E-state index contributed by atoms with van der Waals surface area (Å²) < 4.78 is 31.8. The molecule has 1 heterocycles. The first kappa shape index (κ1) is 22.3. The van der Waals surface area contributed by atoms with Gasteiger partial charge in [-0.25, -0.2) is 13.2 Å². The summed E-state index contributed by atoms with van der Waals surface area (Å²) in [5, 5.41) is 11.3. The summed E-state index contributed by atoms with van der Waals surface area (Å²) in [4.78, 5) is 22.4. The van der Waals surface area contributed by atoms with Crippen molar-refractivity contribution < 1.29 is 22.9 Å². The van der Waals surface area contributed by atoms with Gasteiger partial charge < -0.3 is 10.5 Å². The second kappa shape index (κ2) is 8.76. The van der Waals surface area contributed by atoms with E-state index in [-0.39, 0.29) is 47.5 Å². The predicted octanol–water partition coefficient (Wildman–Crippen LogP) is 1.47. The van der Waals surface area contributed by atoms with Gasteiger partial charge in [0.15, 0.2) is 0 Å². The van der Waals surface area contributed by atoms with E-state index < -0.39 is 26.6 Å². The van der Waals surface area contributed by atoms with Crippen LogP contribution >= 0.6 is 12.4 Å². The summed E-state index contributed by atoms with van der Waals surface area (Å²) in [5.41, 5.74) is 5.11. The molecule has 0 amide bonds. The molecule has 146 valence electrons. The lowest BCUT2D eigenvalue weighted by atomic mass is 10.1. The van der Waals surface area contributed by atoms with Gasteiger partial charge >= 0.3 is 5.97 Å². The highest BCUT2D eigenvalue weighted by atomic mass is 35.5. The normalized spacial score (nSPS) is 17.6. The van der Waals surface area contributed by atoms with Gasteiger partial charge in [-0.15, -0.1) is 12.4 Å². The van der Waals surface area contributed by atoms with E-state index in [1.165, 1.54) is 11.2 Å². The fourth-order valence-electron chi connectivity index (χ4n) is 2.79. The van der Waals surface area contributed by atoms with Crippen LogP contribution in [0.3, 0.4) is 0 Å².